The maximum absolute atomic E-state index is 11.8. The van der Waals surface area contributed by atoms with Crippen molar-refractivity contribution in [1.29, 1.82) is 0 Å². The molecule has 0 spiro atoms. The van der Waals surface area contributed by atoms with Crippen molar-refractivity contribution in [2.75, 3.05) is 0 Å². The van der Waals surface area contributed by atoms with Crippen LogP contribution in [0.4, 0.5) is 0 Å². The van der Waals surface area contributed by atoms with Gasteiger partial charge in [0.2, 0.25) is 0 Å². The molecule has 1 aromatic carbocycles. The third kappa shape index (κ3) is 1.81. The van der Waals surface area contributed by atoms with Gasteiger partial charge in [-0.05, 0) is 24.1 Å². The number of halogens is 1. The van der Waals surface area contributed by atoms with Gasteiger partial charge in [-0.15, -0.1) is 0 Å². The summed E-state index contributed by atoms with van der Waals surface area (Å²) in [4.78, 5) is 23.3. The Balaban J connectivity index is 1.99. The predicted octanol–water partition coefficient (Wildman–Crippen LogP) is 2.81. The van der Waals surface area contributed by atoms with E-state index in [1.54, 1.807) is 0 Å². The molecule has 3 atom stereocenters. The SMILES string of the molecule is O=C1OC(=O)C2C1CC=CC2c1ccc(Br)cc1. The number of hydrogen-bond donors (Lipinski definition) is 0. The second-order valence-corrected chi connectivity index (χ2v) is 5.53. The smallest absolute Gasteiger partial charge is 0.318 e. The maximum atomic E-state index is 11.8. The van der Waals surface area contributed by atoms with E-state index < -0.39 is 0 Å². The van der Waals surface area contributed by atoms with Crippen LogP contribution < -0.4 is 0 Å². The molecule has 1 fully saturated rings. The van der Waals surface area contributed by atoms with E-state index in [0.717, 1.165) is 10.0 Å². The van der Waals surface area contributed by atoms with E-state index in [4.69, 9.17) is 4.74 Å². The minimum Gasteiger partial charge on any atom is -0.393 e. The number of allylic oxidation sites excluding steroid dienone is 2. The molecule has 0 N–H and O–H groups in total. The molecule has 0 saturated carbocycles. The summed E-state index contributed by atoms with van der Waals surface area (Å²) in [6.07, 6.45) is 4.57. The van der Waals surface area contributed by atoms with Gasteiger partial charge in [0, 0.05) is 10.4 Å². The van der Waals surface area contributed by atoms with Crippen LogP contribution in [0.5, 0.6) is 0 Å². The topological polar surface area (TPSA) is 43.4 Å². The van der Waals surface area contributed by atoms with Crippen LogP contribution in [-0.2, 0) is 14.3 Å². The molecule has 2 aliphatic rings. The Morgan fingerprint density at radius 1 is 1.11 bits per heavy atom. The fourth-order valence-corrected chi connectivity index (χ4v) is 2.95. The third-order valence-electron chi connectivity index (χ3n) is 3.58. The molecule has 1 aromatic rings. The minimum absolute atomic E-state index is 0.0594. The number of rotatable bonds is 1. The molecular weight excluding hydrogens is 296 g/mol. The van der Waals surface area contributed by atoms with Crippen LogP contribution >= 0.6 is 15.9 Å². The molecule has 1 aliphatic carbocycles. The summed E-state index contributed by atoms with van der Waals surface area (Å²) in [5, 5.41) is 0. The molecular formula is C14H11BrO3. The summed E-state index contributed by atoms with van der Waals surface area (Å²) in [5.74, 6) is -1.49. The largest absolute Gasteiger partial charge is 0.393 e. The first-order valence-electron chi connectivity index (χ1n) is 5.84. The average Bonchev–Trinajstić information content (AvgIpc) is 2.66. The molecule has 18 heavy (non-hydrogen) atoms. The quantitative estimate of drug-likeness (QED) is 0.455. The highest BCUT2D eigenvalue weighted by Crippen LogP contribution is 2.42. The van der Waals surface area contributed by atoms with E-state index in [1.165, 1.54) is 0 Å². The first-order chi connectivity index (χ1) is 8.66. The van der Waals surface area contributed by atoms with Crippen LogP contribution in [-0.4, -0.2) is 11.9 Å². The Kier molecular flexibility index (Phi) is 2.82. The first-order valence-corrected chi connectivity index (χ1v) is 6.64. The molecule has 1 saturated heterocycles. The zero-order valence-corrected chi connectivity index (χ0v) is 11.1. The van der Waals surface area contributed by atoms with E-state index in [2.05, 4.69) is 15.9 Å². The van der Waals surface area contributed by atoms with E-state index in [9.17, 15) is 9.59 Å². The van der Waals surface area contributed by atoms with Crippen molar-refractivity contribution in [3.8, 4) is 0 Å². The molecule has 4 heteroatoms. The third-order valence-corrected chi connectivity index (χ3v) is 4.11. The van der Waals surface area contributed by atoms with Gasteiger partial charge in [0.25, 0.3) is 0 Å². The van der Waals surface area contributed by atoms with Gasteiger partial charge in [-0.3, -0.25) is 9.59 Å². The molecule has 3 nitrogen and oxygen atoms in total. The van der Waals surface area contributed by atoms with Gasteiger partial charge in [0.1, 0.15) is 0 Å². The number of fused-ring (bicyclic) bond motifs is 1. The fraction of sp³-hybridized carbons (Fsp3) is 0.286. The van der Waals surface area contributed by atoms with Crippen molar-refractivity contribution >= 4 is 27.9 Å². The maximum Gasteiger partial charge on any atom is 0.318 e. The standard InChI is InChI=1S/C14H11BrO3/c15-9-6-4-8(5-7-9)10-2-1-3-11-12(10)14(17)18-13(11)16/h1-2,4-7,10-12H,3H2. The molecule has 0 amide bonds. The molecule has 0 radical (unpaired) electrons. The van der Waals surface area contributed by atoms with Gasteiger partial charge < -0.3 is 4.74 Å². The lowest BCUT2D eigenvalue weighted by Crippen LogP contribution is -2.26. The van der Waals surface area contributed by atoms with Gasteiger partial charge in [-0.1, -0.05) is 40.2 Å². The van der Waals surface area contributed by atoms with Gasteiger partial charge in [0.15, 0.2) is 0 Å². The Morgan fingerprint density at radius 3 is 2.56 bits per heavy atom. The number of carbonyl (C=O) groups excluding carboxylic acids is 2. The summed E-state index contributed by atoms with van der Waals surface area (Å²) in [7, 11) is 0. The molecule has 0 bridgehead atoms. The lowest BCUT2D eigenvalue weighted by Gasteiger charge is -2.25. The van der Waals surface area contributed by atoms with Gasteiger partial charge in [0.05, 0.1) is 11.8 Å². The summed E-state index contributed by atoms with van der Waals surface area (Å²) in [6.45, 7) is 0. The summed E-state index contributed by atoms with van der Waals surface area (Å²) in [6, 6.07) is 7.82. The van der Waals surface area contributed by atoms with Crippen LogP contribution in [0.15, 0.2) is 40.9 Å². The zero-order chi connectivity index (χ0) is 12.7. The fourth-order valence-electron chi connectivity index (χ4n) is 2.69. The summed E-state index contributed by atoms with van der Waals surface area (Å²) >= 11 is 3.38. The van der Waals surface area contributed by atoms with Crippen molar-refractivity contribution in [1.82, 2.24) is 0 Å². The zero-order valence-electron chi connectivity index (χ0n) is 9.51. The normalized spacial score (nSPS) is 30.2. The lowest BCUT2D eigenvalue weighted by molar-refractivity contribution is -0.153. The molecule has 1 aliphatic heterocycles. The van der Waals surface area contributed by atoms with Crippen molar-refractivity contribution in [3.63, 3.8) is 0 Å². The Hall–Kier alpha value is -1.42. The van der Waals surface area contributed by atoms with E-state index in [-0.39, 0.29) is 29.7 Å². The van der Waals surface area contributed by atoms with Crippen LogP contribution in [0.1, 0.15) is 17.9 Å². The van der Waals surface area contributed by atoms with Crippen molar-refractivity contribution in [3.05, 3.63) is 46.5 Å². The predicted molar refractivity (Wildman–Crippen MR) is 68.7 cm³/mol. The minimum atomic E-state index is -0.387. The second-order valence-electron chi connectivity index (χ2n) is 4.61. The van der Waals surface area contributed by atoms with Crippen molar-refractivity contribution in [2.24, 2.45) is 11.8 Å². The van der Waals surface area contributed by atoms with Gasteiger partial charge >= 0.3 is 11.9 Å². The lowest BCUT2D eigenvalue weighted by atomic mass is 9.74. The number of benzene rings is 1. The van der Waals surface area contributed by atoms with Gasteiger partial charge in [-0.25, -0.2) is 0 Å². The Bertz CT molecular complexity index is 532. The van der Waals surface area contributed by atoms with Crippen LogP contribution in [0.3, 0.4) is 0 Å². The second kappa shape index (κ2) is 4.35. The number of cyclic esters (lactones) is 2. The number of carbonyl (C=O) groups is 2. The molecule has 1 heterocycles. The van der Waals surface area contributed by atoms with Crippen molar-refractivity contribution < 1.29 is 14.3 Å². The molecule has 3 unspecified atom stereocenters. The molecule has 92 valence electrons. The monoisotopic (exact) mass is 306 g/mol. The highest BCUT2D eigenvalue weighted by atomic mass is 79.9. The van der Waals surface area contributed by atoms with E-state index in [0.29, 0.717) is 6.42 Å². The molecule has 3 rings (SSSR count). The first kappa shape index (κ1) is 11.7. The Labute approximate surface area is 113 Å². The average molecular weight is 307 g/mol. The molecule has 0 aromatic heterocycles. The van der Waals surface area contributed by atoms with Crippen LogP contribution in [0, 0.1) is 11.8 Å². The number of esters is 2. The number of ether oxygens (including phenoxy) is 1. The van der Waals surface area contributed by atoms with Gasteiger partial charge in [-0.2, -0.15) is 0 Å². The van der Waals surface area contributed by atoms with E-state index >= 15 is 0 Å². The number of hydrogen-bond acceptors (Lipinski definition) is 3. The van der Waals surface area contributed by atoms with E-state index in [1.807, 2.05) is 36.4 Å². The summed E-state index contributed by atoms with van der Waals surface area (Å²) in [5.41, 5.74) is 1.04. The van der Waals surface area contributed by atoms with Crippen LogP contribution in [0.2, 0.25) is 0 Å². The van der Waals surface area contributed by atoms with Crippen molar-refractivity contribution in [2.45, 2.75) is 12.3 Å². The highest BCUT2D eigenvalue weighted by Gasteiger charge is 2.48. The Morgan fingerprint density at radius 2 is 1.83 bits per heavy atom. The van der Waals surface area contributed by atoms with Crippen LogP contribution in [0.25, 0.3) is 0 Å². The summed E-state index contributed by atoms with van der Waals surface area (Å²) < 4.78 is 5.75. The highest BCUT2D eigenvalue weighted by molar-refractivity contribution is 9.10.